The Morgan fingerprint density at radius 1 is 1.00 bits per heavy atom. The van der Waals surface area contributed by atoms with Crippen LogP contribution in [0.3, 0.4) is 0 Å². The topological polar surface area (TPSA) is 56.1 Å². The number of rotatable bonds is 5. The van der Waals surface area contributed by atoms with Crippen molar-refractivity contribution in [3.05, 3.63) is 72.4 Å². The third kappa shape index (κ3) is 3.28. The Kier molecular flexibility index (Phi) is 4.20. The van der Waals surface area contributed by atoms with E-state index >= 15 is 0 Å². The van der Waals surface area contributed by atoms with Crippen LogP contribution in [-0.2, 0) is 13.1 Å². The van der Waals surface area contributed by atoms with E-state index in [-0.39, 0.29) is 6.04 Å². The first-order valence-corrected chi connectivity index (χ1v) is 8.07. The van der Waals surface area contributed by atoms with Crippen molar-refractivity contribution in [3.8, 4) is 5.88 Å². The number of aromatic nitrogens is 4. The molecule has 0 saturated heterocycles. The highest BCUT2D eigenvalue weighted by Gasteiger charge is 2.26. The van der Waals surface area contributed by atoms with Gasteiger partial charge in [0.25, 0.3) is 0 Å². The van der Waals surface area contributed by atoms with Crippen LogP contribution in [0.1, 0.15) is 17.4 Å². The molecule has 4 heterocycles. The molecule has 6 heteroatoms. The first kappa shape index (κ1) is 14.8. The Morgan fingerprint density at radius 3 is 2.67 bits per heavy atom. The van der Waals surface area contributed by atoms with Gasteiger partial charge in [-0.25, -0.2) is 4.98 Å². The van der Waals surface area contributed by atoms with Crippen molar-refractivity contribution in [1.29, 1.82) is 0 Å². The molecule has 0 spiro atoms. The van der Waals surface area contributed by atoms with Gasteiger partial charge in [-0.3, -0.25) is 14.6 Å². The van der Waals surface area contributed by atoms with Crippen molar-refractivity contribution >= 4 is 0 Å². The lowest BCUT2D eigenvalue weighted by atomic mass is 10.2. The van der Waals surface area contributed by atoms with E-state index in [9.17, 15) is 0 Å². The molecule has 3 aromatic rings. The molecule has 3 aromatic heterocycles. The van der Waals surface area contributed by atoms with Crippen molar-refractivity contribution in [2.45, 2.75) is 19.1 Å². The van der Waals surface area contributed by atoms with Crippen molar-refractivity contribution in [2.24, 2.45) is 0 Å². The molecule has 1 atom stereocenters. The van der Waals surface area contributed by atoms with Gasteiger partial charge < -0.3 is 4.74 Å². The van der Waals surface area contributed by atoms with E-state index in [4.69, 9.17) is 4.74 Å². The Hall–Kier alpha value is -2.73. The fourth-order valence-electron chi connectivity index (χ4n) is 3.04. The minimum Gasteiger partial charge on any atom is -0.475 e. The summed E-state index contributed by atoms with van der Waals surface area (Å²) in [5.41, 5.74) is 2.28. The number of hydrogen-bond donors (Lipinski definition) is 0. The molecule has 6 nitrogen and oxygen atoms in total. The van der Waals surface area contributed by atoms with Gasteiger partial charge in [-0.1, -0.05) is 12.1 Å². The summed E-state index contributed by atoms with van der Waals surface area (Å²) in [6.45, 7) is 3.12. The molecule has 0 radical (unpaired) electrons. The van der Waals surface area contributed by atoms with E-state index in [2.05, 4.69) is 36.8 Å². The molecular weight excluding hydrogens is 302 g/mol. The zero-order valence-electron chi connectivity index (χ0n) is 13.3. The van der Waals surface area contributed by atoms with Gasteiger partial charge in [-0.15, -0.1) is 0 Å². The number of fused-ring (bicyclic) bond motifs is 1. The molecule has 1 aliphatic rings. The predicted octanol–water partition coefficient (Wildman–Crippen LogP) is 2.31. The highest BCUT2D eigenvalue weighted by Crippen LogP contribution is 2.22. The van der Waals surface area contributed by atoms with Crippen LogP contribution in [0.25, 0.3) is 0 Å². The zero-order valence-corrected chi connectivity index (χ0v) is 13.3. The smallest absolute Gasteiger partial charge is 0.213 e. The summed E-state index contributed by atoms with van der Waals surface area (Å²) in [7, 11) is 0. The highest BCUT2D eigenvalue weighted by atomic mass is 16.5. The van der Waals surface area contributed by atoms with Crippen LogP contribution >= 0.6 is 0 Å². The van der Waals surface area contributed by atoms with Crippen molar-refractivity contribution < 1.29 is 4.74 Å². The third-order valence-corrected chi connectivity index (χ3v) is 4.13. The fourth-order valence-corrected chi connectivity index (χ4v) is 3.04. The summed E-state index contributed by atoms with van der Waals surface area (Å²) in [4.78, 5) is 11.0. The molecule has 0 N–H and O–H groups in total. The minimum absolute atomic E-state index is 0.162. The monoisotopic (exact) mass is 321 g/mol. The lowest BCUT2D eigenvalue weighted by Gasteiger charge is -2.33. The van der Waals surface area contributed by atoms with Crippen LogP contribution in [0, 0.1) is 0 Å². The molecule has 24 heavy (non-hydrogen) atoms. The van der Waals surface area contributed by atoms with Gasteiger partial charge >= 0.3 is 0 Å². The molecule has 0 fully saturated rings. The van der Waals surface area contributed by atoms with Crippen molar-refractivity contribution in [2.75, 3.05) is 13.2 Å². The second-order valence-corrected chi connectivity index (χ2v) is 5.89. The Labute approximate surface area is 140 Å². The quantitative estimate of drug-likeness (QED) is 0.722. The minimum atomic E-state index is 0.162. The average molecular weight is 321 g/mol. The summed E-state index contributed by atoms with van der Waals surface area (Å²) in [6.07, 6.45) is 5.43. The standard InChI is InChI=1S/C18H19N5O/c1-3-8-19-15(5-1)11-22-12-16-7-10-21-23(16)17(13-22)14-24-18-6-2-4-9-20-18/h1-10,17H,11-14H2. The summed E-state index contributed by atoms with van der Waals surface area (Å²) in [6, 6.07) is 13.9. The molecule has 0 aliphatic carbocycles. The molecule has 0 bridgehead atoms. The van der Waals surface area contributed by atoms with Crippen molar-refractivity contribution in [3.63, 3.8) is 0 Å². The summed E-state index contributed by atoms with van der Waals surface area (Å²) in [5, 5.41) is 4.47. The van der Waals surface area contributed by atoms with Gasteiger partial charge in [0.2, 0.25) is 5.88 Å². The molecule has 0 aromatic carbocycles. The van der Waals surface area contributed by atoms with E-state index in [0.717, 1.165) is 25.3 Å². The van der Waals surface area contributed by atoms with Crippen LogP contribution in [0.5, 0.6) is 5.88 Å². The number of hydrogen-bond acceptors (Lipinski definition) is 5. The second-order valence-electron chi connectivity index (χ2n) is 5.89. The molecule has 4 rings (SSSR count). The average Bonchev–Trinajstić information content (AvgIpc) is 3.10. The molecular formula is C18H19N5O. The highest BCUT2D eigenvalue weighted by molar-refractivity contribution is 5.11. The Bertz CT molecular complexity index is 774. The van der Waals surface area contributed by atoms with E-state index in [0.29, 0.717) is 12.5 Å². The number of ether oxygens (including phenoxy) is 1. The van der Waals surface area contributed by atoms with Gasteiger partial charge in [-0.05, 0) is 24.3 Å². The van der Waals surface area contributed by atoms with Crippen LogP contribution in [0.4, 0.5) is 0 Å². The predicted molar refractivity (Wildman–Crippen MR) is 89.3 cm³/mol. The Morgan fingerprint density at radius 2 is 1.88 bits per heavy atom. The molecule has 0 amide bonds. The second kappa shape index (κ2) is 6.80. The largest absolute Gasteiger partial charge is 0.475 e. The van der Waals surface area contributed by atoms with Gasteiger partial charge in [0.05, 0.1) is 17.4 Å². The summed E-state index contributed by atoms with van der Waals surface area (Å²) in [5.74, 6) is 0.646. The maximum Gasteiger partial charge on any atom is 0.213 e. The normalized spacial score (nSPS) is 17.4. The van der Waals surface area contributed by atoms with Crippen LogP contribution < -0.4 is 4.74 Å². The molecule has 1 unspecified atom stereocenters. The van der Waals surface area contributed by atoms with Crippen LogP contribution in [0.15, 0.2) is 61.1 Å². The van der Waals surface area contributed by atoms with E-state index in [1.807, 2.05) is 42.7 Å². The Balaban J connectivity index is 1.47. The van der Waals surface area contributed by atoms with Gasteiger partial charge in [-0.2, -0.15) is 5.10 Å². The SMILES string of the molecule is c1ccc(CN2Cc3ccnn3C(COc3ccccn3)C2)nc1. The molecule has 122 valence electrons. The zero-order chi connectivity index (χ0) is 16.2. The van der Waals surface area contributed by atoms with Gasteiger partial charge in [0.1, 0.15) is 6.61 Å². The summed E-state index contributed by atoms with van der Waals surface area (Å²) < 4.78 is 7.92. The molecule has 0 saturated carbocycles. The first-order chi connectivity index (χ1) is 11.9. The van der Waals surface area contributed by atoms with Gasteiger partial charge in [0, 0.05) is 44.3 Å². The van der Waals surface area contributed by atoms with E-state index in [1.54, 1.807) is 6.20 Å². The third-order valence-electron chi connectivity index (χ3n) is 4.13. The number of pyridine rings is 2. The van der Waals surface area contributed by atoms with E-state index < -0.39 is 0 Å². The number of nitrogens with zero attached hydrogens (tertiary/aromatic N) is 5. The fraction of sp³-hybridized carbons (Fsp3) is 0.278. The maximum absolute atomic E-state index is 5.86. The van der Waals surface area contributed by atoms with Gasteiger partial charge in [0.15, 0.2) is 0 Å². The lowest BCUT2D eigenvalue weighted by Crippen LogP contribution is -2.39. The summed E-state index contributed by atoms with van der Waals surface area (Å²) >= 11 is 0. The lowest BCUT2D eigenvalue weighted by molar-refractivity contribution is 0.124. The van der Waals surface area contributed by atoms with Crippen LogP contribution in [-0.4, -0.2) is 37.8 Å². The maximum atomic E-state index is 5.86. The van der Waals surface area contributed by atoms with Crippen LogP contribution in [0.2, 0.25) is 0 Å². The molecule has 1 aliphatic heterocycles. The first-order valence-electron chi connectivity index (χ1n) is 8.07. The van der Waals surface area contributed by atoms with E-state index in [1.165, 1.54) is 5.69 Å². The van der Waals surface area contributed by atoms with Crippen molar-refractivity contribution in [1.82, 2.24) is 24.6 Å².